The third kappa shape index (κ3) is 10.2. The number of nitrogens with zero attached hydrogens (tertiary/aromatic N) is 1. The van der Waals surface area contributed by atoms with Crippen LogP contribution in [0.5, 0.6) is 5.75 Å². The Morgan fingerprint density at radius 2 is 1.11 bits per heavy atom. The van der Waals surface area contributed by atoms with E-state index >= 15 is 0 Å². The van der Waals surface area contributed by atoms with Crippen LogP contribution in [0.25, 0.3) is 0 Å². The van der Waals surface area contributed by atoms with E-state index in [1.54, 1.807) is 62.3 Å². The molecule has 1 aromatic rings. The topological polar surface area (TPSA) is 147 Å². The van der Waals surface area contributed by atoms with Crippen molar-refractivity contribution in [3.05, 3.63) is 29.8 Å². The summed E-state index contributed by atoms with van der Waals surface area (Å²) >= 11 is 0. The van der Waals surface area contributed by atoms with Gasteiger partial charge in [-0.25, -0.2) is 19.2 Å². The Bertz CT molecular complexity index is 938. The van der Waals surface area contributed by atoms with Crippen molar-refractivity contribution in [1.82, 2.24) is 5.23 Å². The number of hydrogen-bond donors (Lipinski definition) is 1. The first kappa shape index (κ1) is 31.5. The first-order chi connectivity index (χ1) is 16.7. The molecule has 1 unspecified atom stereocenters. The molecular weight excluding hydrogens is 490 g/mol. The maximum absolute atomic E-state index is 13.6. The number of methoxy groups -OCH3 is 1. The summed E-state index contributed by atoms with van der Waals surface area (Å²) in [5.41, 5.74) is -5.67. The Balaban J connectivity index is 3.78. The number of carbonyl (C=O) groups is 4. The summed E-state index contributed by atoms with van der Waals surface area (Å²) in [6.45, 7) is 13.9. The van der Waals surface area contributed by atoms with Gasteiger partial charge in [0.05, 0.1) is 12.3 Å². The normalized spacial score (nSPS) is 13.7. The number of phenolic OH excluding ortho intramolecular Hbond substituents is 1. The molecule has 0 heterocycles. The third-order valence-electron chi connectivity index (χ3n) is 4.06. The lowest BCUT2D eigenvalue weighted by Gasteiger charge is -2.37. The van der Waals surface area contributed by atoms with Gasteiger partial charge in [0, 0.05) is 6.42 Å². The van der Waals surface area contributed by atoms with Gasteiger partial charge < -0.3 is 24.1 Å². The summed E-state index contributed by atoms with van der Waals surface area (Å²) in [5.74, 6) is -2.65. The van der Waals surface area contributed by atoms with Gasteiger partial charge in [-0.05, 0) is 80.0 Å². The van der Waals surface area contributed by atoms with Gasteiger partial charge in [-0.15, -0.1) is 0 Å². The molecule has 0 fully saturated rings. The van der Waals surface area contributed by atoms with E-state index in [1.165, 1.54) is 24.3 Å². The van der Waals surface area contributed by atoms with Crippen molar-refractivity contribution in [1.29, 1.82) is 0 Å². The fourth-order valence-corrected chi connectivity index (χ4v) is 2.73. The number of rotatable bonds is 7. The van der Waals surface area contributed by atoms with E-state index in [2.05, 4.69) is 0 Å². The lowest BCUT2D eigenvalue weighted by atomic mass is 9.90. The molecule has 1 aromatic carbocycles. The molecule has 37 heavy (non-hydrogen) atoms. The highest BCUT2D eigenvalue weighted by molar-refractivity contribution is 6.05. The van der Waals surface area contributed by atoms with E-state index in [-0.39, 0.29) is 16.5 Å². The molecule has 0 aliphatic heterocycles. The van der Waals surface area contributed by atoms with Gasteiger partial charge in [0.15, 0.2) is 0 Å². The number of phenols is 1. The van der Waals surface area contributed by atoms with Crippen LogP contribution in [0.1, 0.15) is 67.9 Å². The van der Waals surface area contributed by atoms with Crippen LogP contribution >= 0.6 is 0 Å². The zero-order chi connectivity index (χ0) is 28.8. The minimum Gasteiger partial charge on any atom is -0.508 e. The van der Waals surface area contributed by atoms with Crippen molar-refractivity contribution in [3.63, 3.8) is 0 Å². The van der Waals surface area contributed by atoms with Crippen LogP contribution in [0.4, 0.5) is 9.59 Å². The minimum atomic E-state index is -2.72. The molecule has 0 saturated heterocycles. The molecule has 1 N–H and O–H groups in total. The van der Waals surface area contributed by atoms with E-state index in [9.17, 15) is 24.3 Å². The van der Waals surface area contributed by atoms with Crippen LogP contribution < -0.4 is 0 Å². The van der Waals surface area contributed by atoms with Gasteiger partial charge in [-0.2, -0.15) is 0 Å². The van der Waals surface area contributed by atoms with Crippen molar-refractivity contribution in [2.75, 3.05) is 7.11 Å². The summed E-state index contributed by atoms with van der Waals surface area (Å²) in [4.78, 5) is 62.5. The maximum atomic E-state index is 13.6. The molecule has 0 aliphatic rings. The summed E-state index contributed by atoms with van der Waals surface area (Å²) < 4.78 is 20.6. The molecule has 208 valence electrons. The van der Waals surface area contributed by atoms with E-state index in [1.807, 2.05) is 0 Å². The number of esters is 2. The fourth-order valence-electron chi connectivity index (χ4n) is 2.73. The lowest BCUT2D eigenvalue weighted by Crippen LogP contribution is -2.64. The molecule has 1 atom stereocenters. The van der Waals surface area contributed by atoms with E-state index in [0.717, 1.165) is 7.11 Å². The van der Waals surface area contributed by atoms with Gasteiger partial charge in [-0.3, -0.25) is 9.68 Å². The molecule has 0 radical (unpaired) electrons. The van der Waals surface area contributed by atoms with Crippen LogP contribution in [-0.2, 0) is 44.6 Å². The second-order valence-electron chi connectivity index (χ2n) is 11.1. The first-order valence-electron chi connectivity index (χ1n) is 11.4. The number of aromatic hydroxyl groups is 1. The standard InChI is InChI=1S/C25H37NO11/c1-22(2,3)33-19(29)25(18(28)32-10,15-16-11-13-17(27)14-12-16)26(36-20(30)34-23(4,5)6)37-21(31)35-24(7,8)9/h11-14,27H,15H2,1-10H3. The van der Waals surface area contributed by atoms with Crippen molar-refractivity contribution < 1.29 is 52.9 Å². The molecule has 0 saturated carbocycles. The van der Waals surface area contributed by atoms with E-state index in [4.69, 9.17) is 28.6 Å². The molecule has 0 spiro atoms. The van der Waals surface area contributed by atoms with Crippen molar-refractivity contribution in [3.8, 4) is 5.75 Å². The monoisotopic (exact) mass is 527 g/mol. The third-order valence-corrected chi connectivity index (χ3v) is 4.06. The highest BCUT2D eigenvalue weighted by atomic mass is 17.0. The van der Waals surface area contributed by atoms with Gasteiger partial charge >= 0.3 is 24.2 Å². The SMILES string of the molecule is COC(=O)C(Cc1ccc(O)cc1)(C(=O)OC(C)(C)C)N(OC(=O)OC(C)(C)C)OC(=O)OC(C)(C)C. The Morgan fingerprint density at radius 3 is 1.46 bits per heavy atom. The average molecular weight is 528 g/mol. The molecule has 0 aliphatic carbocycles. The highest BCUT2D eigenvalue weighted by Gasteiger charge is 2.60. The molecule has 0 amide bonds. The quantitative estimate of drug-likeness (QED) is 0.234. The smallest absolute Gasteiger partial charge is 0.508 e. The molecular formula is C25H37NO11. The Morgan fingerprint density at radius 1 is 0.703 bits per heavy atom. The second-order valence-corrected chi connectivity index (χ2v) is 11.1. The predicted octanol–water partition coefficient (Wildman–Crippen LogP) is 4.22. The van der Waals surface area contributed by atoms with Crippen LogP contribution in [0.15, 0.2) is 24.3 Å². The number of benzene rings is 1. The van der Waals surface area contributed by atoms with Crippen LogP contribution in [0, 0.1) is 0 Å². The number of hydrogen-bond acceptors (Lipinski definition) is 12. The van der Waals surface area contributed by atoms with Crippen LogP contribution in [0.2, 0.25) is 0 Å². The molecule has 1 rings (SSSR count). The number of carbonyl (C=O) groups excluding carboxylic acids is 4. The zero-order valence-electron chi connectivity index (χ0n) is 23.0. The van der Waals surface area contributed by atoms with Crippen molar-refractivity contribution in [2.24, 2.45) is 0 Å². The second kappa shape index (κ2) is 11.7. The lowest BCUT2D eigenvalue weighted by molar-refractivity contribution is -0.358. The summed E-state index contributed by atoms with van der Waals surface area (Å²) in [5, 5.41) is 9.74. The van der Waals surface area contributed by atoms with E-state index < -0.39 is 53.0 Å². The molecule has 0 aromatic heterocycles. The molecule has 0 bridgehead atoms. The molecule has 12 heteroatoms. The van der Waals surface area contributed by atoms with Crippen LogP contribution in [-0.4, -0.2) is 64.0 Å². The largest absolute Gasteiger partial charge is 0.531 e. The van der Waals surface area contributed by atoms with Crippen molar-refractivity contribution >= 4 is 24.2 Å². The fraction of sp³-hybridized carbons (Fsp3) is 0.600. The van der Waals surface area contributed by atoms with Gasteiger partial charge in [0.25, 0.3) is 5.54 Å². The first-order valence-corrected chi connectivity index (χ1v) is 11.4. The summed E-state index contributed by atoms with van der Waals surface area (Å²) in [6.07, 6.45) is -3.39. The number of hydroxylamine groups is 2. The molecule has 12 nitrogen and oxygen atoms in total. The van der Waals surface area contributed by atoms with Gasteiger partial charge in [0.1, 0.15) is 22.6 Å². The summed E-state index contributed by atoms with van der Waals surface area (Å²) in [6, 6.07) is 5.41. The van der Waals surface area contributed by atoms with Crippen molar-refractivity contribution in [2.45, 2.75) is 91.1 Å². The Labute approximate surface area is 216 Å². The summed E-state index contributed by atoms with van der Waals surface area (Å²) in [7, 11) is 0.984. The zero-order valence-corrected chi connectivity index (χ0v) is 23.0. The minimum absolute atomic E-state index is 0.0713. The highest BCUT2D eigenvalue weighted by Crippen LogP contribution is 2.30. The van der Waals surface area contributed by atoms with Gasteiger partial charge in [-0.1, -0.05) is 12.1 Å². The van der Waals surface area contributed by atoms with Gasteiger partial charge in [0.2, 0.25) is 0 Å². The number of ether oxygens (including phenoxy) is 4. The maximum Gasteiger partial charge on any atom is 0.531 e. The average Bonchev–Trinajstić information content (AvgIpc) is 2.68. The van der Waals surface area contributed by atoms with Crippen LogP contribution in [0.3, 0.4) is 0 Å². The Kier molecular flexibility index (Phi) is 9.94. The predicted molar refractivity (Wildman–Crippen MR) is 129 cm³/mol. The Hall–Kier alpha value is -3.54. The van der Waals surface area contributed by atoms with E-state index in [0.29, 0.717) is 0 Å².